The minimum absolute atomic E-state index is 0.0204. The number of carbonyl (C=O) groups excluding carboxylic acids is 2. The average Bonchev–Trinajstić information content (AvgIpc) is 3.52. The summed E-state index contributed by atoms with van der Waals surface area (Å²) in [5.74, 6) is 0.604. The van der Waals surface area contributed by atoms with Gasteiger partial charge in [0.05, 0.1) is 12.5 Å². The highest BCUT2D eigenvalue weighted by Crippen LogP contribution is 2.27. The summed E-state index contributed by atoms with van der Waals surface area (Å²) in [4.78, 5) is 41.4. The Morgan fingerprint density at radius 2 is 1.89 bits per heavy atom. The van der Waals surface area contributed by atoms with Gasteiger partial charge in [-0.25, -0.2) is 4.98 Å². The molecule has 4 heterocycles. The van der Waals surface area contributed by atoms with Crippen LogP contribution in [0.1, 0.15) is 68.2 Å². The van der Waals surface area contributed by atoms with Crippen molar-refractivity contribution < 1.29 is 14.3 Å². The molecule has 11 heteroatoms. The van der Waals surface area contributed by atoms with Crippen LogP contribution in [0.2, 0.25) is 0 Å². The number of carbonyl (C=O) groups is 2. The van der Waals surface area contributed by atoms with E-state index in [-0.39, 0.29) is 29.2 Å². The summed E-state index contributed by atoms with van der Waals surface area (Å²) in [6, 6.07) is 10.1. The first-order chi connectivity index (χ1) is 21.0. The number of benzene rings is 1. The summed E-state index contributed by atoms with van der Waals surface area (Å²) in [5, 5.41) is 12.7. The van der Waals surface area contributed by atoms with Gasteiger partial charge in [-0.05, 0) is 62.1 Å². The smallest absolute Gasteiger partial charge is 0.256 e. The number of amides is 2. The Morgan fingerprint density at radius 3 is 2.64 bits per heavy atom. The van der Waals surface area contributed by atoms with Gasteiger partial charge in [0, 0.05) is 73.7 Å². The predicted octanol–water partition coefficient (Wildman–Crippen LogP) is 4.31. The second kappa shape index (κ2) is 13.7. The van der Waals surface area contributed by atoms with Crippen LogP contribution >= 0.6 is 0 Å². The van der Waals surface area contributed by atoms with E-state index in [1.54, 1.807) is 12.4 Å². The number of nitrogens with zero attached hydrogens (tertiary/aromatic N) is 4. The number of anilines is 4. The van der Waals surface area contributed by atoms with Crippen molar-refractivity contribution >= 4 is 35.0 Å². The van der Waals surface area contributed by atoms with E-state index in [0.717, 1.165) is 49.5 Å². The van der Waals surface area contributed by atoms with Gasteiger partial charge in [-0.3, -0.25) is 19.5 Å². The molecule has 11 nitrogen and oxygen atoms in total. The van der Waals surface area contributed by atoms with Gasteiger partial charge in [0.1, 0.15) is 11.4 Å². The fourth-order valence-corrected chi connectivity index (χ4v) is 5.33. The molecule has 2 aliphatic heterocycles. The summed E-state index contributed by atoms with van der Waals surface area (Å²) in [5.41, 5.74) is 5.35. The minimum Gasteiger partial charge on any atom is -0.381 e. The normalized spacial score (nSPS) is 16.8. The first-order valence-corrected chi connectivity index (χ1v) is 15.4. The van der Waals surface area contributed by atoms with E-state index in [1.807, 2.05) is 32.0 Å². The number of pyridine rings is 1. The molecule has 1 aromatic carbocycles. The Balaban J connectivity index is 1.29. The lowest BCUT2D eigenvalue weighted by atomic mass is 9.91. The molecule has 4 N–H and O–H groups in total. The molecule has 0 saturated carbocycles. The topological polar surface area (TPSA) is 133 Å². The van der Waals surface area contributed by atoms with Crippen LogP contribution in [0.15, 0.2) is 42.7 Å². The minimum atomic E-state index is -0.249. The number of hydrogen-bond donors (Lipinski definition) is 4. The molecule has 0 bridgehead atoms. The fraction of sp³-hybridized carbons (Fsp3) is 0.485. The molecule has 1 fully saturated rings. The molecular formula is C33H44N8O3. The lowest BCUT2D eigenvalue weighted by Crippen LogP contribution is -2.39. The zero-order valence-corrected chi connectivity index (χ0v) is 26.4. The molecule has 2 aliphatic rings. The Labute approximate surface area is 259 Å². The predicted molar refractivity (Wildman–Crippen MR) is 171 cm³/mol. The fourth-order valence-electron chi connectivity index (χ4n) is 5.33. The molecule has 2 aromatic heterocycles. The lowest BCUT2D eigenvalue weighted by Gasteiger charge is -2.29. The van der Waals surface area contributed by atoms with E-state index < -0.39 is 0 Å². The molecular weight excluding hydrogens is 556 g/mol. The first kappa shape index (κ1) is 31.3. The maximum absolute atomic E-state index is 13.0. The molecule has 3 aromatic rings. The van der Waals surface area contributed by atoms with Gasteiger partial charge in [0.15, 0.2) is 0 Å². The molecule has 2 amide bonds. The number of rotatable bonds is 10. The van der Waals surface area contributed by atoms with Crippen molar-refractivity contribution in [1.29, 1.82) is 0 Å². The van der Waals surface area contributed by atoms with Gasteiger partial charge in [-0.1, -0.05) is 26.8 Å². The van der Waals surface area contributed by atoms with Crippen molar-refractivity contribution in [3.8, 4) is 0 Å². The number of nitrogens with one attached hydrogen (secondary N) is 4. The largest absolute Gasteiger partial charge is 0.381 e. The lowest BCUT2D eigenvalue weighted by molar-refractivity contribution is -0.125. The third-order valence-electron chi connectivity index (χ3n) is 7.83. The van der Waals surface area contributed by atoms with Gasteiger partial charge < -0.3 is 26.0 Å². The van der Waals surface area contributed by atoms with Crippen LogP contribution in [0.4, 0.5) is 23.1 Å². The van der Waals surface area contributed by atoms with Gasteiger partial charge in [-0.15, -0.1) is 0 Å². The molecule has 1 saturated heterocycles. The quantitative estimate of drug-likeness (QED) is 0.269. The van der Waals surface area contributed by atoms with Crippen molar-refractivity contribution in [3.63, 3.8) is 0 Å². The summed E-state index contributed by atoms with van der Waals surface area (Å²) in [7, 11) is 0. The third kappa shape index (κ3) is 8.09. The highest BCUT2D eigenvalue weighted by molar-refractivity contribution is 5.99. The first-order valence-electron chi connectivity index (χ1n) is 15.4. The van der Waals surface area contributed by atoms with Gasteiger partial charge >= 0.3 is 0 Å². The van der Waals surface area contributed by atoms with Crippen molar-refractivity contribution in [3.05, 3.63) is 65.1 Å². The molecule has 0 spiro atoms. The summed E-state index contributed by atoms with van der Waals surface area (Å²) in [6.45, 7) is 14.5. The Morgan fingerprint density at radius 1 is 1.07 bits per heavy atom. The second-order valence-corrected chi connectivity index (χ2v) is 12.9. The highest BCUT2D eigenvalue weighted by Gasteiger charge is 2.24. The van der Waals surface area contributed by atoms with E-state index >= 15 is 0 Å². The number of aromatic nitrogens is 3. The Bertz CT molecular complexity index is 1480. The van der Waals surface area contributed by atoms with Crippen LogP contribution in [-0.2, 0) is 27.9 Å². The van der Waals surface area contributed by atoms with Crippen LogP contribution in [0.3, 0.4) is 0 Å². The van der Waals surface area contributed by atoms with Crippen LogP contribution in [0.5, 0.6) is 0 Å². The highest BCUT2D eigenvalue weighted by atomic mass is 16.5. The van der Waals surface area contributed by atoms with E-state index in [4.69, 9.17) is 9.72 Å². The monoisotopic (exact) mass is 600 g/mol. The summed E-state index contributed by atoms with van der Waals surface area (Å²) < 4.78 is 5.34. The van der Waals surface area contributed by atoms with Crippen LogP contribution in [0, 0.1) is 5.92 Å². The van der Waals surface area contributed by atoms with Crippen LogP contribution in [0.25, 0.3) is 0 Å². The number of hydrogen-bond acceptors (Lipinski definition) is 9. The molecule has 44 heavy (non-hydrogen) atoms. The zero-order valence-electron chi connectivity index (χ0n) is 26.4. The van der Waals surface area contributed by atoms with Crippen molar-refractivity contribution in [2.75, 3.05) is 43.5 Å². The van der Waals surface area contributed by atoms with Crippen molar-refractivity contribution in [2.45, 2.75) is 65.5 Å². The maximum Gasteiger partial charge on any atom is 0.256 e. The van der Waals surface area contributed by atoms with Crippen LogP contribution in [-0.4, -0.2) is 70.6 Å². The van der Waals surface area contributed by atoms with E-state index in [9.17, 15) is 9.59 Å². The molecule has 1 unspecified atom stereocenters. The summed E-state index contributed by atoms with van der Waals surface area (Å²) in [6.07, 6.45) is 5.06. The molecule has 1 atom stereocenters. The van der Waals surface area contributed by atoms with Gasteiger partial charge in [0.25, 0.3) is 5.91 Å². The standard InChI is InChI=1S/C33H44N8O3/c1-21(2)37-31(43)27-18-36-32(40-29(27)38-26-8-11-34-28(17-26)33(3,4)5)39-25-7-6-22-9-13-41(19-24(22)16-25)14-12-35-30(42)23-10-15-44-20-23/h6-8,11,16-18,21,23H,9-10,12-15,19-20H2,1-5H3,(H,35,42)(H,37,43)(H2,34,36,38,39,40). The van der Waals surface area contributed by atoms with Gasteiger partial charge in [-0.2, -0.15) is 4.98 Å². The Hall–Kier alpha value is -4.09. The molecule has 234 valence electrons. The molecule has 0 radical (unpaired) electrons. The zero-order chi connectivity index (χ0) is 31.3. The SMILES string of the molecule is CC(C)NC(=O)c1cnc(Nc2ccc3c(c2)CN(CCNC(=O)C2CCOC2)CC3)nc1Nc1ccnc(C(C)(C)C)c1. The van der Waals surface area contributed by atoms with E-state index in [2.05, 4.69) is 69.0 Å². The van der Waals surface area contributed by atoms with Crippen molar-refractivity contribution in [2.24, 2.45) is 5.92 Å². The Kier molecular flexibility index (Phi) is 9.75. The maximum atomic E-state index is 13.0. The number of fused-ring (bicyclic) bond motifs is 1. The van der Waals surface area contributed by atoms with Crippen LogP contribution < -0.4 is 21.3 Å². The molecule has 5 rings (SSSR count). The van der Waals surface area contributed by atoms with Crippen molar-refractivity contribution in [1.82, 2.24) is 30.5 Å². The average molecular weight is 601 g/mol. The van der Waals surface area contributed by atoms with E-state index in [1.165, 1.54) is 11.1 Å². The third-order valence-corrected chi connectivity index (χ3v) is 7.83. The van der Waals surface area contributed by atoms with E-state index in [0.29, 0.717) is 37.1 Å². The summed E-state index contributed by atoms with van der Waals surface area (Å²) >= 11 is 0. The molecule has 0 aliphatic carbocycles. The number of ether oxygens (including phenoxy) is 1. The second-order valence-electron chi connectivity index (χ2n) is 12.9. The van der Waals surface area contributed by atoms with Gasteiger partial charge in [0.2, 0.25) is 11.9 Å².